The fourth-order valence-corrected chi connectivity index (χ4v) is 2.37. The molecule has 14 heavy (non-hydrogen) atoms. The highest BCUT2D eigenvalue weighted by Crippen LogP contribution is 2.36. The van der Waals surface area contributed by atoms with E-state index in [4.69, 9.17) is 15.3 Å². The second-order valence-corrected chi connectivity index (χ2v) is 3.88. The van der Waals surface area contributed by atoms with Crippen molar-refractivity contribution in [2.24, 2.45) is 5.84 Å². The summed E-state index contributed by atoms with van der Waals surface area (Å²) in [6.45, 7) is 3.37. The molecule has 0 aromatic rings. The summed E-state index contributed by atoms with van der Waals surface area (Å²) >= 11 is 0. The second kappa shape index (κ2) is 5.66. The fraction of sp³-hybridized carbons (Fsp3) is 1.00. The molecular formula is C10H22N2O2. The number of hydrogen-bond donors (Lipinski definition) is 2. The summed E-state index contributed by atoms with van der Waals surface area (Å²) in [5.41, 5.74) is 2.72. The maximum atomic E-state index is 5.87. The van der Waals surface area contributed by atoms with E-state index < -0.39 is 0 Å². The van der Waals surface area contributed by atoms with Gasteiger partial charge in [-0.25, -0.2) is 0 Å². The van der Waals surface area contributed by atoms with Gasteiger partial charge >= 0.3 is 0 Å². The van der Waals surface area contributed by atoms with Crippen molar-refractivity contribution >= 4 is 0 Å². The topological polar surface area (TPSA) is 56.5 Å². The minimum Gasteiger partial charge on any atom is -0.383 e. The van der Waals surface area contributed by atoms with Crippen molar-refractivity contribution < 1.29 is 9.47 Å². The van der Waals surface area contributed by atoms with Crippen LogP contribution in [0.25, 0.3) is 0 Å². The number of nitrogens with two attached hydrogens (primary N) is 1. The summed E-state index contributed by atoms with van der Waals surface area (Å²) in [6, 6.07) is 0.106. The fourth-order valence-electron chi connectivity index (χ4n) is 2.37. The van der Waals surface area contributed by atoms with E-state index in [-0.39, 0.29) is 11.6 Å². The normalized spacial score (nSPS) is 22.5. The van der Waals surface area contributed by atoms with Gasteiger partial charge < -0.3 is 9.47 Å². The molecule has 1 atom stereocenters. The number of hydrogen-bond acceptors (Lipinski definition) is 4. The standard InChI is InChI=1S/C10H22N2O2/c1-3-14-10(6-4-5-7-10)9(12-11)8-13-2/h9,12H,3-8,11H2,1-2H3. The van der Waals surface area contributed by atoms with Crippen LogP contribution in [0.2, 0.25) is 0 Å². The molecule has 4 nitrogen and oxygen atoms in total. The Morgan fingerprint density at radius 1 is 1.43 bits per heavy atom. The monoisotopic (exact) mass is 202 g/mol. The van der Waals surface area contributed by atoms with Gasteiger partial charge in [0.1, 0.15) is 0 Å². The van der Waals surface area contributed by atoms with E-state index in [2.05, 4.69) is 5.43 Å². The van der Waals surface area contributed by atoms with Crippen LogP contribution >= 0.6 is 0 Å². The molecule has 0 aliphatic heterocycles. The van der Waals surface area contributed by atoms with Gasteiger partial charge in [0.25, 0.3) is 0 Å². The molecule has 0 radical (unpaired) electrons. The SMILES string of the molecule is CCOC1(C(COC)NN)CCCC1. The molecule has 0 bridgehead atoms. The van der Waals surface area contributed by atoms with Crippen molar-refractivity contribution in [1.29, 1.82) is 0 Å². The van der Waals surface area contributed by atoms with Gasteiger partial charge in [0.2, 0.25) is 0 Å². The van der Waals surface area contributed by atoms with Crippen LogP contribution in [0.4, 0.5) is 0 Å². The average molecular weight is 202 g/mol. The average Bonchev–Trinajstić information content (AvgIpc) is 2.64. The smallest absolute Gasteiger partial charge is 0.0870 e. The Hall–Kier alpha value is -0.160. The molecule has 1 saturated carbocycles. The van der Waals surface area contributed by atoms with Crippen LogP contribution in [0.3, 0.4) is 0 Å². The van der Waals surface area contributed by atoms with Crippen LogP contribution < -0.4 is 11.3 Å². The summed E-state index contributed by atoms with van der Waals surface area (Å²) in [7, 11) is 1.69. The third-order valence-electron chi connectivity index (χ3n) is 3.05. The minimum absolute atomic E-state index is 0.0977. The van der Waals surface area contributed by atoms with Gasteiger partial charge in [-0.05, 0) is 19.8 Å². The van der Waals surface area contributed by atoms with E-state index in [9.17, 15) is 0 Å². The Kier molecular flexibility index (Phi) is 4.81. The molecule has 1 rings (SSSR count). The summed E-state index contributed by atoms with van der Waals surface area (Å²) in [4.78, 5) is 0. The number of ether oxygens (including phenoxy) is 2. The number of nitrogens with one attached hydrogen (secondary N) is 1. The molecule has 0 aromatic carbocycles. The zero-order valence-electron chi connectivity index (χ0n) is 9.21. The zero-order valence-corrected chi connectivity index (χ0v) is 9.21. The Labute approximate surface area is 86.1 Å². The first-order chi connectivity index (χ1) is 6.79. The summed E-state index contributed by atoms with van der Waals surface area (Å²) < 4.78 is 11.0. The van der Waals surface area contributed by atoms with Crippen LogP contribution in [0.15, 0.2) is 0 Å². The highest BCUT2D eigenvalue weighted by Gasteiger charge is 2.41. The van der Waals surface area contributed by atoms with Crippen LogP contribution in [0.1, 0.15) is 32.6 Å². The Morgan fingerprint density at radius 2 is 2.07 bits per heavy atom. The van der Waals surface area contributed by atoms with Gasteiger partial charge in [-0.1, -0.05) is 12.8 Å². The van der Waals surface area contributed by atoms with E-state index in [1.54, 1.807) is 7.11 Å². The molecule has 3 N–H and O–H groups in total. The zero-order chi connectivity index (χ0) is 10.4. The lowest BCUT2D eigenvalue weighted by molar-refractivity contribution is -0.0764. The molecule has 84 valence electrons. The van der Waals surface area contributed by atoms with E-state index in [1.165, 1.54) is 12.8 Å². The van der Waals surface area contributed by atoms with E-state index in [0.717, 1.165) is 19.4 Å². The van der Waals surface area contributed by atoms with Gasteiger partial charge in [-0.15, -0.1) is 0 Å². The predicted octanol–water partition coefficient (Wildman–Crippen LogP) is 0.814. The third kappa shape index (κ3) is 2.45. The predicted molar refractivity (Wildman–Crippen MR) is 55.8 cm³/mol. The Morgan fingerprint density at radius 3 is 2.50 bits per heavy atom. The summed E-state index contributed by atoms with van der Waals surface area (Å²) in [6.07, 6.45) is 4.61. The van der Waals surface area contributed by atoms with E-state index in [1.807, 2.05) is 6.92 Å². The van der Waals surface area contributed by atoms with Crippen LogP contribution in [-0.4, -0.2) is 32.0 Å². The summed E-state index contributed by atoms with van der Waals surface area (Å²) in [5.74, 6) is 5.54. The number of rotatable bonds is 6. The first-order valence-electron chi connectivity index (χ1n) is 5.38. The Balaban J connectivity index is 2.62. The molecule has 1 aliphatic carbocycles. The van der Waals surface area contributed by atoms with Crippen molar-refractivity contribution in [1.82, 2.24) is 5.43 Å². The van der Waals surface area contributed by atoms with Crippen molar-refractivity contribution in [3.8, 4) is 0 Å². The highest BCUT2D eigenvalue weighted by atomic mass is 16.5. The van der Waals surface area contributed by atoms with Crippen LogP contribution in [0, 0.1) is 0 Å². The lowest BCUT2D eigenvalue weighted by Gasteiger charge is -2.36. The van der Waals surface area contributed by atoms with Gasteiger partial charge in [0.05, 0.1) is 18.2 Å². The van der Waals surface area contributed by atoms with Crippen molar-refractivity contribution in [2.45, 2.75) is 44.2 Å². The van der Waals surface area contributed by atoms with Crippen LogP contribution in [0.5, 0.6) is 0 Å². The quantitative estimate of drug-likeness (QED) is 0.494. The largest absolute Gasteiger partial charge is 0.383 e. The molecule has 0 amide bonds. The summed E-state index contributed by atoms with van der Waals surface area (Å²) in [5, 5.41) is 0. The minimum atomic E-state index is -0.0977. The molecule has 0 heterocycles. The maximum Gasteiger partial charge on any atom is 0.0870 e. The maximum absolute atomic E-state index is 5.87. The van der Waals surface area contributed by atoms with Crippen molar-refractivity contribution in [3.05, 3.63) is 0 Å². The van der Waals surface area contributed by atoms with Gasteiger partial charge in [-0.2, -0.15) is 0 Å². The van der Waals surface area contributed by atoms with Gasteiger partial charge in [-0.3, -0.25) is 11.3 Å². The molecule has 0 saturated heterocycles. The first kappa shape index (κ1) is 11.9. The lowest BCUT2D eigenvalue weighted by atomic mass is 9.93. The molecule has 1 aliphatic rings. The number of methoxy groups -OCH3 is 1. The lowest BCUT2D eigenvalue weighted by Crippen LogP contribution is -2.55. The molecule has 0 aromatic heterocycles. The molecule has 0 spiro atoms. The van der Waals surface area contributed by atoms with Crippen molar-refractivity contribution in [3.63, 3.8) is 0 Å². The van der Waals surface area contributed by atoms with E-state index in [0.29, 0.717) is 6.61 Å². The van der Waals surface area contributed by atoms with Gasteiger partial charge in [0.15, 0.2) is 0 Å². The third-order valence-corrected chi connectivity index (χ3v) is 3.05. The molecule has 1 fully saturated rings. The van der Waals surface area contributed by atoms with Crippen molar-refractivity contribution in [2.75, 3.05) is 20.3 Å². The van der Waals surface area contributed by atoms with Gasteiger partial charge in [0, 0.05) is 13.7 Å². The molecule has 4 heteroatoms. The Bertz CT molecular complexity index is 158. The van der Waals surface area contributed by atoms with Crippen LogP contribution in [-0.2, 0) is 9.47 Å². The number of hydrazine groups is 1. The second-order valence-electron chi connectivity index (χ2n) is 3.88. The molecular weight excluding hydrogens is 180 g/mol. The highest BCUT2D eigenvalue weighted by molar-refractivity contribution is 4.96. The molecule has 1 unspecified atom stereocenters. The van der Waals surface area contributed by atoms with E-state index >= 15 is 0 Å². The first-order valence-corrected chi connectivity index (χ1v) is 5.38.